The molecule has 11 nitrogen and oxygen atoms in total. The van der Waals surface area contributed by atoms with Gasteiger partial charge in [0.1, 0.15) is 12.1 Å². The normalized spacial score (nSPS) is 18.9. The summed E-state index contributed by atoms with van der Waals surface area (Å²) in [7, 11) is 1.77. The number of morpholine rings is 1. The van der Waals surface area contributed by atoms with Gasteiger partial charge in [-0.3, -0.25) is 19.3 Å². The molecule has 1 aromatic heterocycles. The zero-order chi connectivity index (χ0) is 35.9. The Labute approximate surface area is 302 Å². The molecule has 0 radical (unpaired) electrons. The van der Waals surface area contributed by atoms with Gasteiger partial charge in [0.25, 0.3) is 0 Å². The van der Waals surface area contributed by atoms with E-state index in [2.05, 4.69) is 20.5 Å². The van der Waals surface area contributed by atoms with Gasteiger partial charge in [-0.2, -0.15) is 0 Å². The largest absolute Gasteiger partial charge is 0.390 e. The van der Waals surface area contributed by atoms with E-state index in [1.54, 1.807) is 17.5 Å². The van der Waals surface area contributed by atoms with Crippen LogP contribution in [-0.2, 0) is 32.0 Å². The summed E-state index contributed by atoms with van der Waals surface area (Å²) < 4.78 is 5.44. The number of thiazole rings is 1. The minimum atomic E-state index is -1.14. The maximum absolute atomic E-state index is 14.1. The van der Waals surface area contributed by atoms with Gasteiger partial charge in [0, 0.05) is 51.4 Å². The van der Waals surface area contributed by atoms with E-state index in [9.17, 15) is 24.6 Å². The smallest absolute Gasteiger partial charge is 0.243 e. The van der Waals surface area contributed by atoms with Crippen molar-refractivity contribution in [3.8, 4) is 0 Å². The van der Waals surface area contributed by atoms with Crippen molar-refractivity contribution in [3.63, 3.8) is 0 Å². The maximum atomic E-state index is 14.1. The number of nitrogens with one attached hydrogen (secondary N) is 2. The fraction of sp³-hybridized carbons (Fsp3) is 0.684. The first-order valence-electron chi connectivity index (χ1n) is 18.5. The summed E-state index contributed by atoms with van der Waals surface area (Å²) in [6, 6.07) is 7.94. The molecule has 278 valence electrons. The van der Waals surface area contributed by atoms with E-state index in [0.717, 1.165) is 50.9 Å². The second-order valence-corrected chi connectivity index (χ2v) is 15.4. The van der Waals surface area contributed by atoms with Gasteiger partial charge in [-0.1, -0.05) is 76.3 Å². The number of benzene rings is 1. The Hall–Kier alpha value is -2.90. The number of ether oxygens (including phenoxy) is 1. The van der Waals surface area contributed by atoms with Crippen LogP contribution in [0.25, 0.3) is 0 Å². The Bertz CT molecular complexity index is 1290. The van der Waals surface area contributed by atoms with Crippen LogP contribution in [0, 0.1) is 17.8 Å². The molecule has 2 aliphatic rings. The van der Waals surface area contributed by atoms with Crippen molar-refractivity contribution in [2.45, 2.75) is 102 Å². The van der Waals surface area contributed by atoms with Crippen molar-refractivity contribution in [1.82, 2.24) is 25.4 Å². The van der Waals surface area contributed by atoms with Gasteiger partial charge >= 0.3 is 0 Å². The number of likely N-dealkylation sites (N-methyl/N-ethyl adjacent to an activating group) is 1. The van der Waals surface area contributed by atoms with Crippen molar-refractivity contribution < 1.29 is 29.3 Å². The lowest BCUT2D eigenvalue weighted by Gasteiger charge is -2.34. The summed E-state index contributed by atoms with van der Waals surface area (Å²) in [5, 5.41) is 30.2. The van der Waals surface area contributed by atoms with Gasteiger partial charge in [0.15, 0.2) is 0 Å². The third-order valence-corrected chi connectivity index (χ3v) is 10.7. The van der Waals surface area contributed by atoms with Crippen LogP contribution in [0.1, 0.15) is 76.5 Å². The maximum Gasteiger partial charge on any atom is 0.243 e. The highest BCUT2D eigenvalue weighted by molar-refractivity contribution is 7.07. The molecule has 12 heteroatoms. The highest BCUT2D eigenvalue weighted by Crippen LogP contribution is 2.29. The average molecular weight is 714 g/mol. The van der Waals surface area contributed by atoms with Gasteiger partial charge in [0.05, 0.1) is 42.5 Å². The first-order chi connectivity index (χ1) is 24.1. The van der Waals surface area contributed by atoms with Crippen molar-refractivity contribution in [3.05, 3.63) is 52.5 Å². The van der Waals surface area contributed by atoms with Gasteiger partial charge in [-0.05, 0) is 36.7 Å². The number of nitrogens with zero attached hydrogens (tertiary/aromatic N) is 3. The van der Waals surface area contributed by atoms with Crippen LogP contribution >= 0.6 is 11.3 Å². The topological polar surface area (TPSA) is 144 Å². The molecular formula is C38H59N5O6S. The number of hydrogen-bond acceptors (Lipinski definition) is 9. The molecule has 2 heterocycles. The molecule has 0 bridgehead atoms. The fourth-order valence-electron chi connectivity index (χ4n) is 7.05. The molecule has 5 atom stereocenters. The van der Waals surface area contributed by atoms with E-state index in [0.29, 0.717) is 50.6 Å². The number of aromatic nitrogens is 1. The van der Waals surface area contributed by atoms with Gasteiger partial charge in [-0.25, -0.2) is 4.98 Å². The molecule has 4 rings (SSSR count). The number of aliphatic hydroxyl groups excluding tert-OH is 2. The molecule has 0 spiro atoms. The molecule has 1 aliphatic carbocycles. The van der Waals surface area contributed by atoms with Crippen molar-refractivity contribution in [1.29, 1.82) is 0 Å². The molecule has 0 unspecified atom stereocenters. The Balaban J connectivity index is 1.50. The van der Waals surface area contributed by atoms with Gasteiger partial charge in [-0.15, -0.1) is 11.3 Å². The fourth-order valence-corrected chi connectivity index (χ4v) is 7.62. The average Bonchev–Trinajstić information content (AvgIpc) is 3.63. The summed E-state index contributed by atoms with van der Waals surface area (Å²) in [6.07, 6.45) is 4.79. The first kappa shape index (κ1) is 39.9. The summed E-state index contributed by atoms with van der Waals surface area (Å²) in [5.41, 5.74) is 3.28. The Morgan fingerprint density at radius 2 is 1.74 bits per heavy atom. The van der Waals surface area contributed by atoms with Crippen molar-refractivity contribution >= 4 is 29.1 Å². The highest BCUT2D eigenvalue weighted by Gasteiger charge is 2.34. The molecule has 1 saturated heterocycles. The Morgan fingerprint density at radius 1 is 1.02 bits per heavy atom. The van der Waals surface area contributed by atoms with Crippen LogP contribution in [0.15, 0.2) is 41.2 Å². The molecule has 2 aromatic rings. The van der Waals surface area contributed by atoms with Crippen LogP contribution in [0.3, 0.4) is 0 Å². The quantitative estimate of drug-likeness (QED) is 0.174. The van der Waals surface area contributed by atoms with Crippen LogP contribution in [0.5, 0.6) is 0 Å². The lowest BCUT2D eigenvalue weighted by Crippen LogP contribution is -2.56. The van der Waals surface area contributed by atoms with E-state index in [-0.39, 0.29) is 30.6 Å². The van der Waals surface area contributed by atoms with Crippen molar-refractivity contribution in [2.24, 2.45) is 17.8 Å². The van der Waals surface area contributed by atoms with Crippen LogP contribution < -0.4 is 10.6 Å². The van der Waals surface area contributed by atoms with E-state index in [1.807, 2.05) is 49.6 Å². The number of aliphatic hydroxyl groups is 2. The minimum absolute atomic E-state index is 0.00417. The van der Waals surface area contributed by atoms with E-state index < -0.39 is 36.1 Å². The van der Waals surface area contributed by atoms with Gasteiger partial charge < -0.3 is 30.5 Å². The molecule has 50 heavy (non-hydrogen) atoms. The lowest BCUT2D eigenvalue weighted by atomic mass is 9.82. The van der Waals surface area contributed by atoms with Gasteiger partial charge in [0.2, 0.25) is 17.7 Å². The second-order valence-electron chi connectivity index (χ2n) is 14.6. The summed E-state index contributed by atoms with van der Waals surface area (Å²) >= 11 is 1.41. The summed E-state index contributed by atoms with van der Waals surface area (Å²) in [4.78, 5) is 50.1. The van der Waals surface area contributed by atoms with Crippen molar-refractivity contribution in [2.75, 3.05) is 46.4 Å². The molecular weight excluding hydrogens is 655 g/mol. The molecule has 2 fully saturated rings. The van der Waals surface area contributed by atoms with E-state index >= 15 is 0 Å². The highest BCUT2D eigenvalue weighted by atomic mass is 32.1. The number of hydrogen-bond donors (Lipinski definition) is 4. The second kappa shape index (κ2) is 20.8. The lowest BCUT2D eigenvalue weighted by molar-refractivity contribution is -0.137. The predicted molar refractivity (Wildman–Crippen MR) is 195 cm³/mol. The number of carbonyl (C=O) groups is 3. The van der Waals surface area contributed by atoms with Crippen LogP contribution in [-0.4, -0.2) is 113 Å². The summed E-state index contributed by atoms with van der Waals surface area (Å²) in [6.45, 7) is 8.29. The third-order valence-electron chi connectivity index (χ3n) is 10.1. The van der Waals surface area contributed by atoms with Crippen LogP contribution in [0.4, 0.5) is 0 Å². The predicted octanol–water partition coefficient (Wildman–Crippen LogP) is 3.43. The van der Waals surface area contributed by atoms with E-state index in [1.165, 1.54) is 17.8 Å². The molecule has 3 amide bonds. The third kappa shape index (κ3) is 13.3. The molecule has 1 aliphatic heterocycles. The SMILES string of the molecule is CC(C)C[C@H](O)[C@H](O)[C@H](CC1CCCCC1)NC(=O)[C@H](Cc1cscn1)NC(=O)[C@@H](CC(=O)N(C)CCN1CCOCC1)Cc1ccccc1. The van der Waals surface area contributed by atoms with Crippen LogP contribution in [0.2, 0.25) is 0 Å². The Kier molecular flexibility index (Phi) is 16.6. The monoisotopic (exact) mass is 713 g/mol. The molecule has 4 N–H and O–H groups in total. The summed E-state index contributed by atoms with van der Waals surface area (Å²) in [5.74, 6) is -1.16. The standard InChI is InChI=1S/C38H59N5O6S/c1-27(2)20-34(44)36(46)32(22-29-12-8-5-9-13-29)40-38(48)33(24-31-25-50-26-39-31)41-37(47)30(21-28-10-6-4-7-11-28)23-35(45)42(3)14-15-43-16-18-49-19-17-43/h4,6-7,10-11,25-27,29-30,32-34,36,44,46H,5,8-9,12-24H2,1-3H3,(H,40,48)(H,41,47)/t30-,32+,33+,34+,36-/m1/s1. The molecule has 1 saturated carbocycles. The zero-order valence-electron chi connectivity index (χ0n) is 30.2. The zero-order valence-corrected chi connectivity index (χ0v) is 31.0. The van der Waals surface area contributed by atoms with E-state index in [4.69, 9.17) is 4.74 Å². The Morgan fingerprint density at radius 3 is 2.40 bits per heavy atom. The number of amides is 3. The number of rotatable bonds is 19. The minimum Gasteiger partial charge on any atom is -0.390 e. The first-order valence-corrected chi connectivity index (χ1v) is 19.4. The molecule has 1 aromatic carbocycles. The number of carbonyl (C=O) groups excluding carboxylic acids is 3.